The van der Waals surface area contributed by atoms with Gasteiger partial charge in [0.05, 0.1) is 4.90 Å². The van der Waals surface area contributed by atoms with Gasteiger partial charge in [0.1, 0.15) is 0 Å². The third-order valence-corrected chi connectivity index (χ3v) is 9.73. The van der Waals surface area contributed by atoms with Gasteiger partial charge in [-0.1, -0.05) is 18.2 Å². The molecule has 0 saturated carbocycles. The van der Waals surface area contributed by atoms with E-state index in [0.717, 1.165) is 31.4 Å². The van der Waals surface area contributed by atoms with Crippen molar-refractivity contribution in [1.29, 1.82) is 0 Å². The van der Waals surface area contributed by atoms with Crippen molar-refractivity contribution in [3.63, 3.8) is 0 Å². The molecule has 1 aromatic rings. The van der Waals surface area contributed by atoms with Gasteiger partial charge in [0, 0.05) is 58.3 Å². The SMILES string of the molecule is Cc1ccccc1S(=O)(=O)N1CCN(C(=O)N2C[C@H]3C[C@H](C2)[C@H]2CCCC(=O)N2C3)CC1. The third-order valence-electron chi connectivity index (χ3n) is 7.67. The summed E-state index contributed by atoms with van der Waals surface area (Å²) < 4.78 is 27.6. The molecule has 0 unspecified atom stereocenters. The first-order valence-electron chi connectivity index (χ1n) is 11.7. The number of carbonyl (C=O) groups excluding carboxylic acids is 2. The highest BCUT2D eigenvalue weighted by Gasteiger charge is 2.45. The van der Waals surface area contributed by atoms with Crippen LogP contribution in [0.15, 0.2) is 29.2 Å². The highest BCUT2D eigenvalue weighted by atomic mass is 32.2. The molecule has 4 aliphatic heterocycles. The minimum absolute atomic E-state index is 0.0169. The first-order chi connectivity index (χ1) is 15.3. The standard InChI is InChI=1S/C23H32N4O4S/c1-17-5-2-3-7-21(17)32(30,31)26-11-9-24(10-12-26)23(29)25-14-18-13-19(16-25)20-6-4-8-22(28)27(20)15-18/h2-3,5,7,18-20H,4,6,8-16H2,1H3/t18-,19-,20-/m1/s1. The van der Waals surface area contributed by atoms with Crippen molar-refractivity contribution in [2.45, 2.75) is 43.5 Å². The van der Waals surface area contributed by atoms with Crippen LogP contribution in [0.5, 0.6) is 0 Å². The van der Waals surface area contributed by atoms with E-state index < -0.39 is 10.0 Å². The Hall–Kier alpha value is -2.13. The molecule has 0 aliphatic carbocycles. The first-order valence-corrected chi connectivity index (χ1v) is 13.2. The second-order valence-corrected chi connectivity index (χ2v) is 11.6. The fourth-order valence-corrected chi connectivity index (χ4v) is 7.72. The zero-order chi connectivity index (χ0) is 22.5. The number of likely N-dealkylation sites (tertiary alicyclic amines) is 1. The van der Waals surface area contributed by atoms with Gasteiger partial charge >= 0.3 is 6.03 Å². The average molecular weight is 461 g/mol. The lowest BCUT2D eigenvalue weighted by Gasteiger charge is -2.53. The van der Waals surface area contributed by atoms with E-state index in [4.69, 9.17) is 0 Å². The molecule has 4 fully saturated rings. The Morgan fingerprint density at radius 1 is 1.00 bits per heavy atom. The molecule has 4 heterocycles. The molecule has 5 rings (SSSR count). The summed E-state index contributed by atoms with van der Waals surface area (Å²) in [6.45, 7) is 5.40. The minimum Gasteiger partial charge on any atom is -0.339 e. The molecule has 32 heavy (non-hydrogen) atoms. The van der Waals surface area contributed by atoms with E-state index in [0.29, 0.717) is 62.4 Å². The largest absolute Gasteiger partial charge is 0.339 e. The molecule has 4 saturated heterocycles. The van der Waals surface area contributed by atoms with Crippen LogP contribution in [0.1, 0.15) is 31.2 Å². The van der Waals surface area contributed by atoms with Gasteiger partial charge in [-0.15, -0.1) is 0 Å². The molecule has 2 bridgehead atoms. The number of fused-ring (bicyclic) bond motifs is 4. The summed E-state index contributed by atoms with van der Waals surface area (Å²) in [5, 5.41) is 0. The summed E-state index contributed by atoms with van der Waals surface area (Å²) in [5.41, 5.74) is 0.737. The summed E-state index contributed by atoms with van der Waals surface area (Å²) in [6, 6.07) is 7.33. The molecule has 0 aromatic heterocycles. The van der Waals surface area contributed by atoms with Crippen LogP contribution in [-0.4, -0.2) is 91.2 Å². The smallest absolute Gasteiger partial charge is 0.320 e. The van der Waals surface area contributed by atoms with E-state index in [2.05, 4.69) is 4.90 Å². The van der Waals surface area contributed by atoms with E-state index in [1.165, 1.54) is 4.31 Å². The number of benzene rings is 1. The lowest BCUT2D eigenvalue weighted by atomic mass is 9.76. The van der Waals surface area contributed by atoms with Crippen molar-refractivity contribution in [3.8, 4) is 0 Å². The Morgan fingerprint density at radius 3 is 2.50 bits per heavy atom. The van der Waals surface area contributed by atoms with E-state index in [1.807, 2.05) is 11.0 Å². The van der Waals surface area contributed by atoms with Crippen molar-refractivity contribution in [2.24, 2.45) is 11.8 Å². The number of piperidine rings is 3. The van der Waals surface area contributed by atoms with E-state index in [1.54, 1.807) is 30.0 Å². The monoisotopic (exact) mass is 460 g/mol. The van der Waals surface area contributed by atoms with E-state index in [9.17, 15) is 18.0 Å². The van der Waals surface area contributed by atoms with Crippen molar-refractivity contribution in [2.75, 3.05) is 45.8 Å². The number of aryl methyl sites for hydroxylation is 1. The molecule has 1 aromatic carbocycles. The van der Waals surface area contributed by atoms with Crippen molar-refractivity contribution in [3.05, 3.63) is 29.8 Å². The summed E-state index contributed by atoms with van der Waals surface area (Å²) in [5.74, 6) is 0.985. The highest BCUT2D eigenvalue weighted by Crippen LogP contribution is 2.38. The number of carbonyl (C=O) groups is 2. The van der Waals surface area contributed by atoms with Crippen LogP contribution in [0.25, 0.3) is 0 Å². The number of sulfonamides is 1. The number of nitrogens with zero attached hydrogens (tertiary/aromatic N) is 4. The molecule has 4 aliphatic rings. The lowest BCUT2D eigenvalue weighted by molar-refractivity contribution is -0.144. The Kier molecular flexibility index (Phi) is 5.65. The number of rotatable bonds is 2. The zero-order valence-electron chi connectivity index (χ0n) is 18.6. The number of hydrogen-bond acceptors (Lipinski definition) is 4. The summed E-state index contributed by atoms with van der Waals surface area (Å²) in [4.78, 5) is 31.8. The van der Waals surface area contributed by atoms with Crippen LogP contribution in [0, 0.1) is 18.8 Å². The third kappa shape index (κ3) is 3.79. The number of urea groups is 1. The summed E-state index contributed by atoms with van der Waals surface area (Å²) in [7, 11) is -3.55. The van der Waals surface area contributed by atoms with Gasteiger partial charge in [-0.25, -0.2) is 13.2 Å². The first kappa shape index (κ1) is 21.7. The molecule has 0 spiro atoms. The molecular weight excluding hydrogens is 428 g/mol. The predicted octanol–water partition coefficient (Wildman–Crippen LogP) is 1.75. The van der Waals surface area contributed by atoms with Gasteiger partial charge in [0.25, 0.3) is 0 Å². The molecule has 8 nitrogen and oxygen atoms in total. The van der Waals surface area contributed by atoms with Gasteiger partial charge in [0.15, 0.2) is 0 Å². The normalized spacial score (nSPS) is 29.1. The molecule has 0 radical (unpaired) electrons. The molecule has 0 N–H and O–H groups in total. The maximum absolute atomic E-state index is 13.3. The average Bonchev–Trinajstić information content (AvgIpc) is 2.79. The van der Waals surface area contributed by atoms with E-state index in [-0.39, 0.29) is 18.0 Å². The Labute approximate surface area is 190 Å². The van der Waals surface area contributed by atoms with Crippen LogP contribution in [-0.2, 0) is 14.8 Å². The van der Waals surface area contributed by atoms with Crippen LogP contribution in [0.4, 0.5) is 4.79 Å². The Morgan fingerprint density at radius 2 is 1.75 bits per heavy atom. The van der Waals surface area contributed by atoms with Crippen LogP contribution in [0.2, 0.25) is 0 Å². The quantitative estimate of drug-likeness (QED) is 0.674. The Balaban J connectivity index is 1.22. The maximum atomic E-state index is 13.3. The minimum atomic E-state index is -3.55. The Bertz CT molecular complexity index is 1010. The topological polar surface area (TPSA) is 81.2 Å². The number of piperazine rings is 1. The van der Waals surface area contributed by atoms with Gasteiger partial charge in [-0.05, 0) is 49.7 Å². The van der Waals surface area contributed by atoms with Gasteiger partial charge in [0.2, 0.25) is 15.9 Å². The van der Waals surface area contributed by atoms with Gasteiger partial charge in [-0.3, -0.25) is 4.79 Å². The zero-order valence-corrected chi connectivity index (χ0v) is 19.5. The molecule has 3 atom stereocenters. The molecule has 9 heteroatoms. The number of amides is 3. The molecule has 174 valence electrons. The van der Waals surface area contributed by atoms with Crippen molar-refractivity contribution in [1.82, 2.24) is 19.0 Å². The van der Waals surface area contributed by atoms with Crippen molar-refractivity contribution < 1.29 is 18.0 Å². The predicted molar refractivity (Wildman–Crippen MR) is 119 cm³/mol. The maximum Gasteiger partial charge on any atom is 0.320 e. The van der Waals surface area contributed by atoms with E-state index >= 15 is 0 Å². The van der Waals surface area contributed by atoms with Crippen molar-refractivity contribution >= 4 is 22.0 Å². The second-order valence-electron chi connectivity index (χ2n) is 9.71. The molecular formula is C23H32N4O4S. The summed E-state index contributed by atoms with van der Waals surface area (Å²) in [6.07, 6.45) is 3.75. The number of hydrogen-bond donors (Lipinski definition) is 0. The highest BCUT2D eigenvalue weighted by molar-refractivity contribution is 7.89. The van der Waals surface area contributed by atoms with Crippen LogP contribution < -0.4 is 0 Å². The fourth-order valence-electron chi connectivity index (χ4n) is 6.07. The molecule has 3 amide bonds. The fraction of sp³-hybridized carbons (Fsp3) is 0.652. The van der Waals surface area contributed by atoms with Crippen LogP contribution in [0.3, 0.4) is 0 Å². The lowest BCUT2D eigenvalue weighted by Crippen LogP contribution is -2.63. The van der Waals surface area contributed by atoms with Gasteiger partial charge < -0.3 is 14.7 Å². The van der Waals surface area contributed by atoms with Crippen LogP contribution >= 0.6 is 0 Å². The van der Waals surface area contributed by atoms with Gasteiger partial charge in [-0.2, -0.15) is 4.31 Å². The summed E-state index contributed by atoms with van der Waals surface area (Å²) >= 11 is 0. The second kappa shape index (κ2) is 8.33.